The van der Waals surface area contributed by atoms with Crippen LogP contribution in [0.2, 0.25) is 0 Å². The number of fused-ring (bicyclic) bond motifs is 1. The molecule has 194 valence electrons. The molecular weight excluding hydrogens is 480 g/mol. The Morgan fingerprint density at radius 3 is 2.39 bits per heavy atom. The van der Waals surface area contributed by atoms with E-state index in [-0.39, 0.29) is 30.4 Å². The van der Waals surface area contributed by atoms with Crippen LogP contribution < -0.4 is 15.0 Å². The lowest BCUT2D eigenvalue weighted by Crippen LogP contribution is -2.38. The quantitative estimate of drug-likeness (QED) is 0.437. The Labute approximate surface area is 221 Å². The maximum atomic E-state index is 14.0. The molecule has 0 bridgehead atoms. The number of ether oxygens (including phenoxy) is 1. The Hall–Kier alpha value is -4.39. The normalized spacial score (nSPS) is 18.7. The topological polar surface area (TPSA) is 95.9 Å². The largest absolute Gasteiger partial charge is 0.497 e. The molecule has 1 aliphatic heterocycles. The number of aliphatic carboxylic acids is 1. The predicted octanol–water partition coefficient (Wildman–Crippen LogP) is 5.77. The van der Waals surface area contributed by atoms with Crippen molar-refractivity contribution in [1.82, 2.24) is 0 Å². The predicted molar refractivity (Wildman–Crippen MR) is 145 cm³/mol. The van der Waals surface area contributed by atoms with Gasteiger partial charge in [0.1, 0.15) is 5.75 Å². The zero-order valence-corrected chi connectivity index (χ0v) is 21.4. The van der Waals surface area contributed by atoms with Gasteiger partial charge in [-0.05, 0) is 60.2 Å². The molecule has 38 heavy (non-hydrogen) atoms. The van der Waals surface area contributed by atoms with Gasteiger partial charge in [0.25, 0.3) is 0 Å². The van der Waals surface area contributed by atoms with Crippen molar-refractivity contribution in [2.75, 3.05) is 17.3 Å². The molecule has 0 fully saturated rings. The summed E-state index contributed by atoms with van der Waals surface area (Å²) < 4.78 is 5.35. The molecule has 5 rings (SSSR count). The highest BCUT2D eigenvalue weighted by atomic mass is 16.5. The second kappa shape index (κ2) is 10.5. The Bertz CT molecular complexity index is 1410. The number of ketones is 1. The van der Waals surface area contributed by atoms with Crippen molar-refractivity contribution in [2.24, 2.45) is 0 Å². The Kier molecular flexibility index (Phi) is 7.01. The van der Waals surface area contributed by atoms with E-state index in [9.17, 15) is 19.5 Å². The standard InChI is InChI=1S/C31H30N2O5/c1-19-8-13-24-26(16-19)33(28(35)14-15-29(36)37)31(21-9-11-23(38-2)12-10-21)30-25(32-24)17-22(18-27(30)34)20-6-4-3-5-7-20/h3-13,16,22,31-32H,14-15,17-18H2,1-2H3,(H,36,37)/t22-,31+/m0/s1. The molecule has 2 N–H and O–H groups in total. The molecule has 7 heteroatoms. The maximum Gasteiger partial charge on any atom is 0.303 e. The number of carbonyl (C=O) groups is 3. The SMILES string of the molecule is COc1ccc([C@@H]2C3=C(C[C@H](c4ccccc4)CC3=O)Nc3ccc(C)cc3N2C(=O)CCC(=O)O)cc1. The first-order chi connectivity index (χ1) is 18.4. The summed E-state index contributed by atoms with van der Waals surface area (Å²) in [7, 11) is 1.58. The molecule has 3 aromatic rings. The summed E-state index contributed by atoms with van der Waals surface area (Å²) in [5.74, 6) is -0.762. The average molecular weight is 511 g/mol. The van der Waals surface area contributed by atoms with Crippen LogP contribution in [0, 0.1) is 6.92 Å². The van der Waals surface area contributed by atoms with Crippen LogP contribution in [0.25, 0.3) is 0 Å². The minimum Gasteiger partial charge on any atom is -0.497 e. The molecule has 1 heterocycles. The van der Waals surface area contributed by atoms with Gasteiger partial charge in [-0.15, -0.1) is 0 Å². The van der Waals surface area contributed by atoms with Crippen molar-refractivity contribution in [2.45, 2.75) is 44.6 Å². The first-order valence-electron chi connectivity index (χ1n) is 12.7. The number of methoxy groups -OCH3 is 1. The minimum absolute atomic E-state index is 0.00891. The van der Waals surface area contributed by atoms with Crippen LogP contribution in [0.4, 0.5) is 11.4 Å². The summed E-state index contributed by atoms with van der Waals surface area (Å²) in [5.41, 5.74) is 5.46. The number of nitrogens with one attached hydrogen (secondary N) is 1. The van der Waals surface area contributed by atoms with Crippen molar-refractivity contribution < 1.29 is 24.2 Å². The monoisotopic (exact) mass is 510 g/mol. The molecule has 0 saturated heterocycles. The fourth-order valence-electron chi connectivity index (χ4n) is 5.42. The van der Waals surface area contributed by atoms with Crippen LogP contribution in [-0.4, -0.2) is 29.9 Å². The van der Waals surface area contributed by atoms with Crippen molar-refractivity contribution in [3.05, 3.63) is 101 Å². The molecule has 0 spiro atoms. The van der Waals surface area contributed by atoms with Gasteiger partial charge in [0.15, 0.2) is 5.78 Å². The second-order valence-corrected chi connectivity index (χ2v) is 9.81. The first kappa shape index (κ1) is 25.3. The minimum atomic E-state index is -1.05. The molecule has 0 saturated carbocycles. The lowest BCUT2D eigenvalue weighted by atomic mass is 9.78. The highest BCUT2D eigenvalue weighted by Gasteiger charge is 2.41. The summed E-state index contributed by atoms with van der Waals surface area (Å²) in [5, 5.41) is 12.8. The van der Waals surface area contributed by atoms with Crippen molar-refractivity contribution in [1.29, 1.82) is 0 Å². The highest BCUT2D eigenvalue weighted by molar-refractivity contribution is 6.06. The number of benzene rings is 3. The number of rotatable bonds is 6. The van der Waals surface area contributed by atoms with Crippen LogP contribution in [0.3, 0.4) is 0 Å². The second-order valence-electron chi connectivity index (χ2n) is 9.81. The maximum absolute atomic E-state index is 14.0. The zero-order chi connectivity index (χ0) is 26.8. The third-order valence-electron chi connectivity index (χ3n) is 7.26. The molecule has 0 aromatic heterocycles. The number of aryl methyl sites for hydroxylation is 1. The lowest BCUT2D eigenvalue weighted by molar-refractivity contribution is -0.138. The third-order valence-corrected chi connectivity index (χ3v) is 7.26. The van der Waals surface area contributed by atoms with Crippen molar-refractivity contribution in [3.8, 4) is 5.75 Å². The first-order valence-corrected chi connectivity index (χ1v) is 12.7. The van der Waals surface area contributed by atoms with E-state index in [1.807, 2.05) is 79.7 Å². The van der Waals surface area contributed by atoms with E-state index in [1.165, 1.54) is 0 Å². The third kappa shape index (κ3) is 4.92. The molecule has 1 aliphatic carbocycles. The van der Waals surface area contributed by atoms with Gasteiger partial charge in [0, 0.05) is 24.1 Å². The van der Waals surface area contributed by atoms with E-state index in [1.54, 1.807) is 12.0 Å². The number of hydrogen-bond donors (Lipinski definition) is 2. The number of nitrogens with zero attached hydrogens (tertiary/aromatic N) is 1. The molecule has 2 atom stereocenters. The highest BCUT2D eigenvalue weighted by Crippen LogP contribution is 2.48. The molecule has 1 amide bonds. The summed E-state index contributed by atoms with van der Waals surface area (Å²) in [6.07, 6.45) is 0.458. The Morgan fingerprint density at radius 2 is 1.71 bits per heavy atom. The van der Waals surface area contributed by atoms with Gasteiger partial charge in [-0.3, -0.25) is 19.3 Å². The van der Waals surface area contributed by atoms with E-state index in [0.717, 1.165) is 22.4 Å². The van der Waals surface area contributed by atoms with Gasteiger partial charge >= 0.3 is 5.97 Å². The van der Waals surface area contributed by atoms with E-state index in [2.05, 4.69) is 5.32 Å². The fourth-order valence-corrected chi connectivity index (χ4v) is 5.42. The number of allylic oxidation sites excluding steroid dienone is 1. The van der Waals surface area contributed by atoms with E-state index in [4.69, 9.17) is 4.74 Å². The van der Waals surface area contributed by atoms with Crippen molar-refractivity contribution >= 4 is 29.0 Å². The number of hydrogen-bond acceptors (Lipinski definition) is 5. The number of Topliss-reactive ketones (excluding diaryl/α,β-unsaturated/α-hetero) is 1. The van der Waals surface area contributed by atoms with Crippen molar-refractivity contribution in [3.63, 3.8) is 0 Å². The average Bonchev–Trinajstić information content (AvgIpc) is 3.06. The molecule has 0 unspecified atom stereocenters. The Balaban J connectivity index is 1.70. The Morgan fingerprint density at radius 1 is 0.974 bits per heavy atom. The summed E-state index contributed by atoms with van der Waals surface area (Å²) in [6, 6.07) is 22.4. The summed E-state index contributed by atoms with van der Waals surface area (Å²) in [6.45, 7) is 1.94. The van der Waals surface area contributed by atoms with Crippen LogP contribution in [0.1, 0.15) is 54.3 Å². The molecular formula is C31H30N2O5. The number of anilines is 2. The molecule has 3 aromatic carbocycles. The number of carbonyl (C=O) groups excluding carboxylic acids is 2. The van der Waals surface area contributed by atoms with Crippen LogP contribution in [-0.2, 0) is 14.4 Å². The summed E-state index contributed by atoms with van der Waals surface area (Å²) >= 11 is 0. The zero-order valence-electron chi connectivity index (χ0n) is 21.4. The van der Waals surface area contributed by atoms with E-state index < -0.39 is 12.0 Å². The number of carboxylic acid groups (broad SMARTS) is 1. The van der Waals surface area contributed by atoms with Gasteiger partial charge < -0.3 is 15.2 Å². The smallest absolute Gasteiger partial charge is 0.303 e. The number of carboxylic acids is 1. The fraction of sp³-hybridized carbons (Fsp3) is 0.258. The van der Waals surface area contributed by atoms with Crippen LogP contribution in [0.5, 0.6) is 5.75 Å². The van der Waals surface area contributed by atoms with Crippen LogP contribution >= 0.6 is 0 Å². The van der Waals surface area contributed by atoms with Crippen LogP contribution in [0.15, 0.2) is 84.1 Å². The van der Waals surface area contributed by atoms with Gasteiger partial charge in [-0.1, -0.05) is 48.5 Å². The van der Waals surface area contributed by atoms with Gasteiger partial charge in [-0.25, -0.2) is 0 Å². The van der Waals surface area contributed by atoms with Gasteiger partial charge in [-0.2, -0.15) is 0 Å². The molecule has 7 nitrogen and oxygen atoms in total. The number of amides is 1. The lowest BCUT2D eigenvalue weighted by Gasteiger charge is -2.35. The van der Waals surface area contributed by atoms with E-state index in [0.29, 0.717) is 35.5 Å². The summed E-state index contributed by atoms with van der Waals surface area (Å²) in [4.78, 5) is 40.7. The van der Waals surface area contributed by atoms with Gasteiger partial charge in [0.05, 0.1) is 30.9 Å². The van der Waals surface area contributed by atoms with E-state index >= 15 is 0 Å². The van der Waals surface area contributed by atoms with Gasteiger partial charge in [0.2, 0.25) is 5.91 Å². The molecule has 0 radical (unpaired) electrons. The molecule has 2 aliphatic rings.